The minimum Gasteiger partial charge on any atom is -0.497 e. The zero-order valence-electron chi connectivity index (χ0n) is 19.3. The van der Waals surface area contributed by atoms with Crippen LogP contribution in [0.3, 0.4) is 0 Å². The van der Waals surface area contributed by atoms with Crippen LogP contribution >= 0.6 is 0 Å². The Hall–Kier alpha value is -4.73. The van der Waals surface area contributed by atoms with Crippen molar-refractivity contribution in [3.8, 4) is 17.2 Å². The molecule has 0 saturated carbocycles. The lowest BCUT2D eigenvalue weighted by Crippen LogP contribution is -2.27. The van der Waals surface area contributed by atoms with Crippen molar-refractivity contribution in [3.05, 3.63) is 88.5 Å². The molecule has 0 radical (unpaired) electrons. The van der Waals surface area contributed by atoms with Crippen LogP contribution in [0.15, 0.2) is 72.8 Å². The molecule has 0 N–H and O–H groups in total. The zero-order chi connectivity index (χ0) is 25.7. The number of nitro benzene ring substituents is 1. The molecular formula is C26H22N2O8. The molecule has 1 fully saturated rings. The van der Waals surface area contributed by atoms with Crippen molar-refractivity contribution in [1.29, 1.82) is 0 Å². The predicted molar refractivity (Wildman–Crippen MR) is 128 cm³/mol. The van der Waals surface area contributed by atoms with Gasteiger partial charge >= 0.3 is 5.97 Å². The summed E-state index contributed by atoms with van der Waals surface area (Å²) < 4.78 is 16.0. The van der Waals surface area contributed by atoms with Gasteiger partial charge in [-0.3, -0.25) is 24.5 Å². The molecule has 3 aromatic carbocycles. The number of ketones is 1. The van der Waals surface area contributed by atoms with Gasteiger partial charge in [-0.15, -0.1) is 0 Å². The molecule has 1 amide bonds. The summed E-state index contributed by atoms with van der Waals surface area (Å²) in [6.45, 7) is -0.455. The number of carbonyl (C=O) groups excluding carboxylic acids is 3. The Labute approximate surface area is 206 Å². The molecular weight excluding hydrogens is 468 g/mol. The third kappa shape index (κ3) is 5.66. The summed E-state index contributed by atoms with van der Waals surface area (Å²) in [4.78, 5) is 49.1. The molecule has 0 aromatic heterocycles. The number of ether oxygens (including phenoxy) is 3. The summed E-state index contributed by atoms with van der Waals surface area (Å²) in [5.74, 6) is -0.303. The Bertz CT molecular complexity index is 1290. The average Bonchev–Trinajstić information content (AvgIpc) is 3.29. The van der Waals surface area contributed by atoms with E-state index in [0.717, 1.165) is 6.07 Å². The number of methoxy groups -OCH3 is 1. The highest BCUT2D eigenvalue weighted by atomic mass is 16.6. The maximum absolute atomic E-state index is 12.5. The van der Waals surface area contributed by atoms with E-state index in [1.165, 1.54) is 23.1 Å². The van der Waals surface area contributed by atoms with Crippen LogP contribution in [0.5, 0.6) is 17.2 Å². The van der Waals surface area contributed by atoms with E-state index in [0.29, 0.717) is 22.9 Å². The molecule has 10 nitrogen and oxygen atoms in total. The number of Topliss-reactive ketones (excluding diaryl/α,β-unsaturated/α-hetero) is 1. The second kappa shape index (κ2) is 10.7. The summed E-state index contributed by atoms with van der Waals surface area (Å²) >= 11 is 0. The van der Waals surface area contributed by atoms with Crippen LogP contribution in [0, 0.1) is 16.0 Å². The van der Waals surface area contributed by atoms with Crippen molar-refractivity contribution in [1.82, 2.24) is 0 Å². The number of hydrogen-bond acceptors (Lipinski definition) is 8. The molecule has 1 atom stereocenters. The molecule has 1 unspecified atom stereocenters. The van der Waals surface area contributed by atoms with Gasteiger partial charge in [0.2, 0.25) is 11.7 Å². The average molecular weight is 490 g/mol. The summed E-state index contributed by atoms with van der Waals surface area (Å²) in [7, 11) is 1.58. The largest absolute Gasteiger partial charge is 0.497 e. The second-order valence-corrected chi connectivity index (χ2v) is 8.02. The molecule has 0 bridgehead atoms. The lowest BCUT2D eigenvalue weighted by Gasteiger charge is -2.17. The minimum atomic E-state index is -0.731. The van der Waals surface area contributed by atoms with E-state index in [4.69, 9.17) is 14.2 Å². The second-order valence-electron chi connectivity index (χ2n) is 8.02. The highest BCUT2D eigenvalue weighted by Gasteiger charge is 2.36. The smallest absolute Gasteiger partial charge is 0.311 e. The van der Waals surface area contributed by atoms with Gasteiger partial charge in [0.1, 0.15) is 17.2 Å². The molecule has 184 valence electrons. The molecule has 1 saturated heterocycles. The fraction of sp³-hybridized carbons (Fsp3) is 0.192. The van der Waals surface area contributed by atoms with Crippen LogP contribution in [-0.2, 0) is 14.3 Å². The van der Waals surface area contributed by atoms with Crippen molar-refractivity contribution in [2.45, 2.75) is 6.42 Å². The fourth-order valence-electron chi connectivity index (χ4n) is 3.72. The summed E-state index contributed by atoms with van der Waals surface area (Å²) in [5, 5.41) is 10.9. The van der Waals surface area contributed by atoms with Crippen LogP contribution in [0.1, 0.15) is 16.8 Å². The lowest BCUT2D eigenvalue weighted by molar-refractivity contribution is -0.384. The Kier molecular flexibility index (Phi) is 7.24. The maximum atomic E-state index is 12.5. The van der Waals surface area contributed by atoms with Gasteiger partial charge in [0.15, 0.2) is 6.61 Å². The number of nitro groups is 1. The van der Waals surface area contributed by atoms with Crippen molar-refractivity contribution in [3.63, 3.8) is 0 Å². The minimum absolute atomic E-state index is 0.0477. The fourth-order valence-corrected chi connectivity index (χ4v) is 3.72. The topological polar surface area (TPSA) is 125 Å². The van der Waals surface area contributed by atoms with Gasteiger partial charge in [-0.05, 0) is 48.5 Å². The number of benzene rings is 3. The quantitative estimate of drug-likeness (QED) is 0.189. The van der Waals surface area contributed by atoms with Gasteiger partial charge < -0.3 is 19.1 Å². The first kappa shape index (κ1) is 24.4. The maximum Gasteiger partial charge on any atom is 0.311 e. The number of hydrogen-bond donors (Lipinski definition) is 0. The number of rotatable bonds is 9. The van der Waals surface area contributed by atoms with E-state index in [2.05, 4.69) is 0 Å². The van der Waals surface area contributed by atoms with Gasteiger partial charge in [-0.2, -0.15) is 0 Å². The number of carbonyl (C=O) groups is 3. The molecule has 36 heavy (non-hydrogen) atoms. The van der Waals surface area contributed by atoms with E-state index in [1.54, 1.807) is 55.6 Å². The van der Waals surface area contributed by atoms with Crippen LogP contribution in [0.2, 0.25) is 0 Å². The number of amides is 1. The molecule has 1 aliphatic rings. The molecule has 1 heterocycles. The first-order chi connectivity index (χ1) is 17.3. The van der Waals surface area contributed by atoms with E-state index in [9.17, 15) is 24.5 Å². The van der Waals surface area contributed by atoms with Crippen molar-refractivity contribution in [2.24, 2.45) is 5.92 Å². The Morgan fingerprint density at radius 2 is 1.64 bits per heavy atom. The summed E-state index contributed by atoms with van der Waals surface area (Å²) in [6.07, 6.45) is -0.0477. The lowest BCUT2D eigenvalue weighted by atomic mass is 10.1. The highest BCUT2D eigenvalue weighted by molar-refractivity contribution is 6.01. The normalized spacial score (nSPS) is 14.9. The van der Waals surface area contributed by atoms with E-state index >= 15 is 0 Å². The van der Waals surface area contributed by atoms with Crippen molar-refractivity contribution in [2.75, 3.05) is 25.2 Å². The van der Waals surface area contributed by atoms with Crippen LogP contribution in [0.25, 0.3) is 0 Å². The van der Waals surface area contributed by atoms with E-state index in [-0.39, 0.29) is 30.1 Å². The highest BCUT2D eigenvalue weighted by Crippen LogP contribution is 2.30. The molecule has 1 aliphatic heterocycles. The third-order valence-electron chi connectivity index (χ3n) is 5.63. The molecule has 4 rings (SSSR count). The Morgan fingerprint density at radius 1 is 1.00 bits per heavy atom. The molecule has 3 aromatic rings. The zero-order valence-corrected chi connectivity index (χ0v) is 19.3. The summed E-state index contributed by atoms with van der Waals surface area (Å²) in [5.41, 5.74) is 0.438. The molecule has 0 spiro atoms. The van der Waals surface area contributed by atoms with Gasteiger partial charge in [0.05, 0.1) is 18.0 Å². The van der Waals surface area contributed by atoms with Crippen LogP contribution < -0.4 is 14.4 Å². The number of non-ortho nitro benzene ring substituents is 1. The first-order valence-corrected chi connectivity index (χ1v) is 11.0. The standard InChI is InChI=1S/C26H22N2O8/c1-34-21-9-11-23(12-10-21)36-22-7-5-19(6-8-22)27-15-18(14-25(27)30)26(31)35-16-24(29)17-3-2-4-20(13-17)28(32)33/h2-13,18H,14-16H2,1H3. The van der Waals surface area contributed by atoms with Crippen molar-refractivity contribution < 1.29 is 33.5 Å². The number of nitrogens with zero attached hydrogens (tertiary/aromatic N) is 2. The predicted octanol–water partition coefficient (Wildman–Crippen LogP) is 4.17. The number of anilines is 1. The van der Waals surface area contributed by atoms with Gasteiger partial charge in [-0.25, -0.2) is 0 Å². The SMILES string of the molecule is COc1ccc(Oc2ccc(N3CC(C(=O)OCC(=O)c4cccc([N+](=O)[O-])c4)CC3=O)cc2)cc1. The van der Waals surface area contributed by atoms with Crippen LogP contribution in [-0.4, -0.2) is 42.8 Å². The summed E-state index contributed by atoms with van der Waals surface area (Å²) in [6, 6.07) is 19.2. The third-order valence-corrected chi connectivity index (χ3v) is 5.63. The van der Waals surface area contributed by atoms with E-state index < -0.39 is 29.2 Å². The van der Waals surface area contributed by atoms with Gasteiger partial charge in [0, 0.05) is 36.3 Å². The van der Waals surface area contributed by atoms with Gasteiger partial charge in [-0.1, -0.05) is 12.1 Å². The van der Waals surface area contributed by atoms with E-state index in [1.807, 2.05) is 0 Å². The van der Waals surface area contributed by atoms with Gasteiger partial charge in [0.25, 0.3) is 5.69 Å². The molecule has 0 aliphatic carbocycles. The van der Waals surface area contributed by atoms with Crippen LogP contribution in [0.4, 0.5) is 11.4 Å². The Balaban J connectivity index is 1.32. The van der Waals surface area contributed by atoms with Crippen molar-refractivity contribution >= 4 is 29.0 Å². The first-order valence-electron chi connectivity index (χ1n) is 11.0. The monoisotopic (exact) mass is 490 g/mol. The number of esters is 1. The molecule has 10 heteroatoms. The Morgan fingerprint density at radius 3 is 2.28 bits per heavy atom.